The maximum absolute atomic E-state index is 11.3. The lowest BCUT2D eigenvalue weighted by molar-refractivity contribution is -0.193. The molecule has 3 rings (SSSR count). The third kappa shape index (κ3) is 15.8. The minimum atomic E-state index is -5.08. The van der Waals surface area contributed by atoms with Gasteiger partial charge in [0.05, 0.1) is 5.92 Å². The summed E-state index contributed by atoms with van der Waals surface area (Å²) in [7, 11) is 0. The molecule has 0 aliphatic carbocycles. The summed E-state index contributed by atoms with van der Waals surface area (Å²) in [5, 5.41) is 38.0. The molecular formula is C28H33ClF6N2O8. The van der Waals surface area contributed by atoms with E-state index in [4.69, 9.17) is 36.1 Å². The fraction of sp³-hybridized carbons (Fsp3) is 0.464. The van der Waals surface area contributed by atoms with Gasteiger partial charge >= 0.3 is 30.3 Å². The molecule has 10 nitrogen and oxygen atoms in total. The number of carbonyl (C=O) groups is 3. The Labute approximate surface area is 259 Å². The number of para-hydroxylation sites is 1. The van der Waals surface area contributed by atoms with Crippen LogP contribution < -0.4 is 10.1 Å². The Balaban J connectivity index is 0.000000601. The van der Waals surface area contributed by atoms with Crippen molar-refractivity contribution in [1.29, 1.82) is 0 Å². The van der Waals surface area contributed by atoms with Crippen LogP contribution in [-0.2, 0) is 20.9 Å². The molecule has 2 aromatic rings. The topological polar surface area (TPSA) is 157 Å². The summed E-state index contributed by atoms with van der Waals surface area (Å²) in [5.41, 5.74) is 1.88. The average Bonchev–Trinajstić information content (AvgIpc) is 2.96. The van der Waals surface area contributed by atoms with Crippen molar-refractivity contribution in [2.45, 2.75) is 56.7 Å². The normalized spacial score (nSPS) is 15.4. The quantitative estimate of drug-likeness (QED) is 0.222. The predicted octanol–water partition coefficient (Wildman–Crippen LogP) is 4.79. The summed E-state index contributed by atoms with van der Waals surface area (Å²) in [6.07, 6.45) is -8.78. The van der Waals surface area contributed by atoms with E-state index >= 15 is 0 Å². The van der Waals surface area contributed by atoms with Crippen LogP contribution in [0.2, 0.25) is 5.02 Å². The Morgan fingerprint density at radius 2 is 1.42 bits per heavy atom. The van der Waals surface area contributed by atoms with Gasteiger partial charge in [-0.05, 0) is 56.6 Å². The van der Waals surface area contributed by atoms with Crippen LogP contribution in [0.3, 0.4) is 0 Å². The molecule has 0 spiro atoms. The summed E-state index contributed by atoms with van der Waals surface area (Å²) in [4.78, 5) is 31.5. The van der Waals surface area contributed by atoms with Gasteiger partial charge in [-0.2, -0.15) is 26.3 Å². The molecule has 0 saturated carbocycles. The molecule has 0 aromatic heterocycles. The molecular weight excluding hydrogens is 642 g/mol. The summed E-state index contributed by atoms with van der Waals surface area (Å²) in [6.45, 7) is 5.13. The largest absolute Gasteiger partial charge is 0.491 e. The molecule has 0 amide bonds. The number of alkyl halides is 6. The number of carboxylic acids is 3. The Kier molecular flexibility index (Phi) is 16.1. The second-order valence-corrected chi connectivity index (χ2v) is 10.2. The highest BCUT2D eigenvalue weighted by Crippen LogP contribution is 2.26. The van der Waals surface area contributed by atoms with E-state index in [1.807, 2.05) is 12.1 Å². The van der Waals surface area contributed by atoms with Crippen molar-refractivity contribution in [2.75, 3.05) is 26.2 Å². The van der Waals surface area contributed by atoms with Gasteiger partial charge in [-0.15, -0.1) is 0 Å². The fourth-order valence-corrected chi connectivity index (χ4v) is 3.92. The van der Waals surface area contributed by atoms with Gasteiger partial charge in [0.15, 0.2) is 0 Å². The molecule has 1 saturated heterocycles. The third-order valence-corrected chi connectivity index (χ3v) is 6.47. The number of carboxylic acid groups (broad SMARTS) is 3. The number of nitrogens with zero attached hydrogens (tertiary/aromatic N) is 1. The van der Waals surface area contributed by atoms with Gasteiger partial charge in [-0.3, -0.25) is 9.69 Å². The van der Waals surface area contributed by atoms with Crippen LogP contribution in [0.5, 0.6) is 5.75 Å². The third-order valence-electron chi connectivity index (χ3n) is 6.22. The number of aliphatic hydroxyl groups excluding tert-OH is 1. The van der Waals surface area contributed by atoms with E-state index in [0.29, 0.717) is 23.9 Å². The maximum atomic E-state index is 11.3. The van der Waals surface area contributed by atoms with Crippen molar-refractivity contribution in [1.82, 2.24) is 10.2 Å². The molecule has 1 aliphatic heterocycles. The highest BCUT2D eigenvalue weighted by Gasteiger charge is 2.38. The van der Waals surface area contributed by atoms with Crippen LogP contribution in [0.25, 0.3) is 0 Å². The van der Waals surface area contributed by atoms with E-state index in [2.05, 4.69) is 22.3 Å². The van der Waals surface area contributed by atoms with E-state index < -0.39 is 42.3 Å². The van der Waals surface area contributed by atoms with Gasteiger partial charge in [0, 0.05) is 29.7 Å². The number of likely N-dealkylation sites (tertiary alicyclic amines) is 1. The van der Waals surface area contributed by atoms with Crippen LogP contribution in [0.4, 0.5) is 26.3 Å². The Hall–Kier alpha value is -3.60. The highest BCUT2D eigenvalue weighted by atomic mass is 35.5. The standard InChI is InChI=1S/C24H31ClN2O4.2C2HF3O2/c1-17(24(29)30)22-4-2-3-5-23(22)31-16-21(28)14-26-20-10-12-27(13-11-20)15-18-6-8-19(25)9-7-18;2*3-2(4,5)1(6)7/h2-9,17,20-21,26,28H,10-16H2,1H3,(H,29,30);2*(H,6,7)/t17?,21-;;/m0../s1. The first-order chi connectivity index (χ1) is 20.8. The zero-order valence-electron chi connectivity index (χ0n) is 23.8. The summed E-state index contributed by atoms with van der Waals surface area (Å²) in [6, 6.07) is 15.4. The first-order valence-electron chi connectivity index (χ1n) is 13.2. The molecule has 252 valence electrons. The van der Waals surface area contributed by atoms with Gasteiger partial charge < -0.3 is 30.5 Å². The van der Waals surface area contributed by atoms with Crippen LogP contribution in [0.15, 0.2) is 48.5 Å². The number of ether oxygens (including phenoxy) is 1. The van der Waals surface area contributed by atoms with Gasteiger partial charge in [0.25, 0.3) is 0 Å². The van der Waals surface area contributed by atoms with Gasteiger partial charge in [0.2, 0.25) is 0 Å². The predicted molar refractivity (Wildman–Crippen MR) is 149 cm³/mol. The monoisotopic (exact) mass is 674 g/mol. The maximum Gasteiger partial charge on any atom is 0.490 e. The van der Waals surface area contributed by atoms with Gasteiger partial charge in [0.1, 0.15) is 18.5 Å². The molecule has 1 aliphatic rings. The van der Waals surface area contributed by atoms with E-state index in [-0.39, 0.29) is 6.61 Å². The van der Waals surface area contributed by atoms with Crippen LogP contribution in [0, 0.1) is 0 Å². The molecule has 5 N–H and O–H groups in total. The lowest BCUT2D eigenvalue weighted by atomic mass is 10.0. The molecule has 2 aromatic carbocycles. The average molecular weight is 675 g/mol. The first kappa shape index (κ1) is 39.4. The Morgan fingerprint density at radius 1 is 0.933 bits per heavy atom. The van der Waals surface area contributed by atoms with E-state index in [0.717, 1.165) is 37.5 Å². The number of piperidine rings is 1. The molecule has 45 heavy (non-hydrogen) atoms. The van der Waals surface area contributed by atoms with Crippen molar-refractivity contribution in [3.8, 4) is 5.75 Å². The minimum absolute atomic E-state index is 0.117. The van der Waals surface area contributed by atoms with Crippen LogP contribution in [-0.4, -0.2) is 94.0 Å². The lowest BCUT2D eigenvalue weighted by Crippen LogP contribution is -2.45. The molecule has 2 atom stereocenters. The SMILES string of the molecule is CC(C(=O)O)c1ccccc1OC[C@@H](O)CNC1CCN(Cc2ccc(Cl)cc2)CC1.O=C(O)C(F)(F)F.O=C(O)C(F)(F)F. The number of benzene rings is 2. The second kappa shape index (κ2) is 18.4. The summed E-state index contributed by atoms with van der Waals surface area (Å²) >= 11 is 5.95. The number of halogens is 7. The fourth-order valence-electron chi connectivity index (χ4n) is 3.79. The Morgan fingerprint density at radius 3 is 1.89 bits per heavy atom. The van der Waals surface area contributed by atoms with Gasteiger partial charge in [-0.25, -0.2) is 9.59 Å². The lowest BCUT2D eigenvalue weighted by Gasteiger charge is -2.33. The van der Waals surface area contributed by atoms with E-state index in [1.54, 1.807) is 31.2 Å². The number of aliphatic carboxylic acids is 3. The molecule has 0 bridgehead atoms. The summed E-state index contributed by atoms with van der Waals surface area (Å²) in [5.74, 6) is -6.57. The minimum Gasteiger partial charge on any atom is -0.491 e. The zero-order valence-corrected chi connectivity index (χ0v) is 24.6. The van der Waals surface area contributed by atoms with Crippen LogP contribution >= 0.6 is 11.6 Å². The van der Waals surface area contributed by atoms with E-state index in [9.17, 15) is 41.4 Å². The Bertz CT molecular complexity index is 1200. The van der Waals surface area contributed by atoms with Crippen molar-refractivity contribution in [3.63, 3.8) is 0 Å². The van der Waals surface area contributed by atoms with Gasteiger partial charge in [-0.1, -0.05) is 41.9 Å². The number of hydrogen-bond donors (Lipinski definition) is 5. The van der Waals surface area contributed by atoms with Crippen molar-refractivity contribution < 1.29 is 65.9 Å². The van der Waals surface area contributed by atoms with Crippen molar-refractivity contribution in [3.05, 3.63) is 64.7 Å². The molecule has 0 radical (unpaired) electrons. The van der Waals surface area contributed by atoms with E-state index in [1.165, 1.54) is 5.56 Å². The highest BCUT2D eigenvalue weighted by molar-refractivity contribution is 6.30. The number of nitrogens with one attached hydrogen (secondary N) is 1. The number of rotatable bonds is 10. The smallest absolute Gasteiger partial charge is 0.490 e. The van der Waals surface area contributed by atoms with Crippen molar-refractivity contribution in [2.24, 2.45) is 0 Å². The first-order valence-corrected chi connectivity index (χ1v) is 13.6. The van der Waals surface area contributed by atoms with Crippen molar-refractivity contribution >= 4 is 29.5 Å². The van der Waals surface area contributed by atoms with Crippen LogP contribution in [0.1, 0.15) is 36.8 Å². The zero-order chi connectivity index (χ0) is 34.4. The summed E-state index contributed by atoms with van der Waals surface area (Å²) < 4.78 is 69.2. The molecule has 1 unspecified atom stereocenters. The molecule has 17 heteroatoms. The number of aliphatic hydroxyl groups is 1. The molecule has 1 heterocycles. The number of hydrogen-bond acceptors (Lipinski definition) is 7. The second-order valence-electron chi connectivity index (χ2n) is 9.75. The molecule has 1 fully saturated rings.